The Morgan fingerprint density at radius 3 is 2.75 bits per heavy atom. The highest BCUT2D eigenvalue weighted by atomic mass is 35.5. The molecular formula is C16H18ClN3O3S. The van der Waals surface area contributed by atoms with E-state index >= 15 is 0 Å². The minimum atomic E-state index is -0.356. The molecule has 24 heavy (non-hydrogen) atoms. The summed E-state index contributed by atoms with van der Waals surface area (Å²) >= 11 is 7.42. The first-order chi connectivity index (χ1) is 11.6. The predicted molar refractivity (Wildman–Crippen MR) is 92.0 cm³/mol. The summed E-state index contributed by atoms with van der Waals surface area (Å²) in [7, 11) is 0. The molecule has 1 aromatic carbocycles. The van der Waals surface area contributed by atoms with E-state index in [9.17, 15) is 14.4 Å². The third-order valence-electron chi connectivity index (χ3n) is 4.09. The average Bonchev–Trinajstić information content (AvgIpc) is 3.13. The Morgan fingerprint density at radius 1 is 1.29 bits per heavy atom. The Hall–Kier alpha value is -1.73. The van der Waals surface area contributed by atoms with E-state index in [1.807, 2.05) is 24.3 Å². The molecule has 1 N–H and O–H groups in total. The number of halogens is 1. The highest BCUT2D eigenvalue weighted by Gasteiger charge is 2.47. The lowest BCUT2D eigenvalue weighted by atomic mass is 10.2. The van der Waals surface area contributed by atoms with Gasteiger partial charge in [-0.2, -0.15) is 0 Å². The SMILES string of the molecule is O=C(CN1C(=O)C2CCCN2C1=O)NCCSc1ccc(Cl)cc1. The maximum Gasteiger partial charge on any atom is 0.327 e. The molecule has 2 saturated heterocycles. The molecule has 0 aliphatic carbocycles. The van der Waals surface area contributed by atoms with Crippen LogP contribution in [-0.4, -0.2) is 59.1 Å². The summed E-state index contributed by atoms with van der Waals surface area (Å²) in [6.45, 7) is 0.872. The van der Waals surface area contributed by atoms with Gasteiger partial charge in [-0.15, -0.1) is 11.8 Å². The van der Waals surface area contributed by atoms with Crippen LogP contribution in [-0.2, 0) is 9.59 Å². The fraction of sp³-hybridized carbons (Fsp3) is 0.438. The smallest absolute Gasteiger partial charge is 0.327 e. The van der Waals surface area contributed by atoms with Crippen molar-refractivity contribution < 1.29 is 14.4 Å². The van der Waals surface area contributed by atoms with Crippen molar-refractivity contribution in [1.29, 1.82) is 0 Å². The first-order valence-corrected chi connectivity index (χ1v) is 9.19. The van der Waals surface area contributed by atoms with Crippen LogP contribution in [0, 0.1) is 0 Å². The molecule has 8 heteroatoms. The highest BCUT2D eigenvalue weighted by molar-refractivity contribution is 7.99. The molecule has 4 amide bonds. The molecule has 2 aliphatic heterocycles. The zero-order valence-electron chi connectivity index (χ0n) is 13.0. The van der Waals surface area contributed by atoms with Crippen molar-refractivity contribution >= 4 is 41.2 Å². The molecular weight excluding hydrogens is 350 g/mol. The molecule has 0 spiro atoms. The van der Waals surface area contributed by atoms with Crippen molar-refractivity contribution in [2.75, 3.05) is 25.4 Å². The molecule has 2 aliphatic rings. The van der Waals surface area contributed by atoms with Gasteiger partial charge in [-0.25, -0.2) is 4.79 Å². The van der Waals surface area contributed by atoms with Crippen LogP contribution in [0.25, 0.3) is 0 Å². The number of fused-ring (bicyclic) bond motifs is 1. The van der Waals surface area contributed by atoms with Gasteiger partial charge < -0.3 is 10.2 Å². The van der Waals surface area contributed by atoms with E-state index in [2.05, 4.69) is 5.32 Å². The summed E-state index contributed by atoms with van der Waals surface area (Å²) in [5.74, 6) is 0.141. The number of imide groups is 1. The number of nitrogens with one attached hydrogen (secondary N) is 1. The fourth-order valence-corrected chi connectivity index (χ4v) is 3.81. The number of carbonyl (C=O) groups is 3. The third-order valence-corrected chi connectivity index (χ3v) is 5.35. The molecule has 0 saturated carbocycles. The summed E-state index contributed by atoms with van der Waals surface area (Å²) in [5, 5.41) is 3.44. The van der Waals surface area contributed by atoms with Crippen LogP contribution in [0.1, 0.15) is 12.8 Å². The van der Waals surface area contributed by atoms with E-state index in [4.69, 9.17) is 11.6 Å². The summed E-state index contributed by atoms with van der Waals surface area (Å²) in [6.07, 6.45) is 1.55. The van der Waals surface area contributed by atoms with Crippen molar-refractivity contribution in [3.8, 4) is 0 Å². The quantitative estimate of drug-likeness (QED) is 0.474. The summed E-state index contributed by atoms with van der Waals surface area (Å²) in [5.41, 5.74) is 0. The maximum atomic E-state index is 12.1. The van der Waals surface area contributed by atoms with Crippen molar-refractivity contribution in [3.63, 3.8) is 0 Å². The molecule has 1 unspecified atom stereocenters. The summed E-state index contributed by atoms with van der Waals surface area (Å²) in [6, 6.07) is 6.78. The van der Waals surface area contributed by atoms with Gasteiger partial charge in [0.1, 0.15) is 12.6 Å². The van der Waals surface area contributed by atoms with Gasteiger partial charge in [0.05, 0.1) is 0 Å². The monoisotopic (exact) mass is 367 g/mol. The van der Waals surface area contributed by atoms with Crippen LogP contribution in [0.4, 0.5) is 4.79 Å². The highest BCUT2D eigenvalue weighted by Crippen LogP contribution is 2.27. The van der Waals surface area contributed by atoms with E-state index in [0.717, 1.165) is 16.2 Å². The summed E-state index contributed by atoms with van der Waals surface area (Å²) < 4.78 is 0. The lowest BCUT2D eigenvalue weighted by Gasteiger charge is -2.15. The van der Waals surface area contributed by atoms with Gasteiger partial charge >= 0.3 is 6.03 Å². The lowest BCUT2D eigenvalue weighted by molar-refractivity contribution is -0.132. The zero-order valence-corrected chi connectivity index (χ0v) is 14.6. The number of hydrogen-bond donors (Lipinski definition) is 1. The Morgan fingerprint density at radius 2 is 2.04 bits per heavy atom. The Labute approximate surface area is 149 Å². The van der Waals surface area contributed by atoms with Gasteiger partial charge in [-0.1, -0.05) is 11.6 Å². The van der Waals surface area contributed by atoms with Crippen LogP contribution < -0.4 is 5.32 Å². The number of benzene rings is 1. The second-order valence-corrected chi connectivity index (χ2v) is 7.32. The second-order valence-electron chi connectivity index (χ2n) is 5.71. The van der Waals surface area contributed by atoms with Gasteiger partial charge in [0.15, 0.2) is 0 Å². The molecule has 3 rings (SSSR count). The minimum absolute atomic E-state index is 0.198. The molecule has 2 heterocycles. The number of carbonyl (C=O) groups excluding carboxylic acids is 3. The zero-order chi connectivity index (χ0) is 17.1. The van der Waals surface area contributed by atoms with E-state index in [1.165, 1.54) is 0 Å². The number of hydrogen-bond acceptors (Lipinski definition) is 4. The molecule has 2 fully saturated rings. The lowest BCUT2D eigenvalue weighted by Crippen LogP contribution is -2.42. The standard InChI is InChI=1S/C16H18ClN3O3S/c17-11-3-5-12(6-4-11)24-9-7-18-14(21)10-20-15(22)13-2-1-8-19(13)16(20)23/h3-6,13H,1-2,7-10H2,(H,18,21). The van der Waals surface area contributed by atoms with Gasteiger partial charge in [-0.3, -0.25) is 14.5 Å². The third kappa shape index (κ3) is 3.67. The Kier molecular flexibility index (Phi) is 5.30. The molecule has 6 nitrogen and oxygen atoms in total. The topological polar surface area (TPSA) is 69.7 Å². The second kappa shape index (κ2) is 7.44. The first-order valence-electron chi connectivity index (χ1n) is 7.83. The fourth-order valence-electron chi connectivity index (χ4n) is 2.92. The van der Waals surface area contributed by atoms with Crippen LogP contribution in [0.2, 0.25) is 5.02 Å². The average molecular weight is 368 g/mol. The van der Waals surface area contributed by atoms with Crippen LogP contribution in [0.3, 0.4) is 0 Å². The molecule has 1 atom stereocenters. The van der Waals surface area contributed by atoms with Gasteiger partial charge in [0, 0.05) is 28.8 Å². The van der Waals surface area contributed by atoms with Crippen LogP contribution >= 0.6 is 23.4 Å². The van der Waals surface area contributed by atoms with Crippen molar-refractivity contribution in [2.45, 2.75) is 23.8 Å². The van der Waals surface area contributed by atoms with E-state index in [0.29, 0.717) is 30.3 Å². The number of thioether (sulfide) groups is 1. The first kappa shape index (κ1) is 17.1. The van der Waals surface area contributed by atoms with E-state index in [-0.39, 0.29) is 30.4 Å². The predicted octanol–water partition coefficient (Wildman–Crippen LogP) is 1.97. The number of urea groups is 1. The van der Waals surface area contributed by atoms with Crippen molar-refractivity contribution in [3.05, 3.63) is 29.3 Å². The molecule has 0 aromatic heterocycles. The van der Waals surface area contributed by atoms with E-state index in [1.54, 1.807) is 16.7 Å². The Balaban J connectivity index is 1.40. The van der Waals surface area contributed by atoms with Crippen LogP contribution in [0.5, 0.6) is 0 Å². The largest absolute Gasteiger partial charge is 0.354 e. The van der Waals surface area contributed by atoms with Crippen molar-refractivity contribution in [1.82, 2.24) is 15.1 Å². The number of nitrogens with zero attached hydrogens (tertiary/aromatic N) is 2. The maximum absolute atomic E-state index is 12.1. The van der Waals surface area contributed by atoms with Gasteiger partial charge in [0.2, 0.25) is 5.91 Å². The molecule has 128 valence electrons. The molecule has 0 radical (unpaired) electrons. The summed E-state index contributed by atoms with van der Waals surface area (Å²) in [4.78, 5) is 39.9. The minimum Gasteiger partial charge on any atom is -0.354 e. The van der Waals surface area contributed by atoms with Gasteiger partial charge in [0.25, 0.3) is 5.91 Å². The molecule has 0 bridgehead atoms. The normalized spacial score (nSPS) is 19.8. The van der Waals surface area contributed by atoms with E-state index < -0.39 is 0 Å². The number of rotatable bonds is 6. The van der Waals surface area contributed by atoms with Crippen LogP contribution in [0.15, 0.2) is 29.2 Å². The van der Waals surface area contributed by atoms with Gasteiger partial charge in [-0.05, 0) is 37.1 Å². The van der Waals surface area contributed by atoms with Crippen molar-refractivity contribution in [2.24, 2.45) is 0 Å². The molecule has 1 aromatic rings. The Bertz CT molecular complexity index is 630. The number of amides is 4.